The molecule has 3 nitrogen and oxygen atoms in total. The third-order valence-corrected chi connectivity index (χ3v) is 2.58. The van der Waals surface area contributed by atoms with Crippen molar-refractivity contribution >= 4 is 5.82 Å². The van der Waals surface area contributed by atoms with Crippen molar-refractivity contribution < 1.29 is 13.2 Å². The molecular weight excluding hydrogens is 255 g/mol. The lowest BCUT2D eigenvalue weighted by Crippen LogP contribution is -2.11. The molecular formula is C13H12F3N3. The maximum atomic E-state index is 12.6. The van der Waals surface area contributed by atoms with Crippen molar-refractivity contribution in [2.45, 2.75) is 19.1 Å². The molecule has 0 amide bonds. The monoisotopic (exact) mass is 267 g/mol. The topological polar surface area (TPSA) is 37.8 Å². The van der Waals surface area contributed by atoms with Gasteiger partial charge in [-0.3, -0.25) is 4.98 Å². The van der Waals surface area contributed by atoms with Crippen LogP contribution in [0.2, 0.25) is 0 Å². The van der Waals surface area contributed by atoms with Gasteiger partial charge in [-0.05, 0) is 31.2 Å². The van der Waals surface area contributed by atoms with Crippen LogP contribution in [-0.4, -0.2) is 9.97 Å². The fourth-order valence-corrected chi connectivity index (χ4v) is 1.61. The van der Waals surface area contributed by atoms with Crippen molar-refractivity contribution in [3.63, 3.8) is 0 Å². The molecule has 19 heavy (non-hydrogen) atoms. The minimum Gasteiger partial charge on any atom is -0.362 e. The first-order valence-electron chi connectivity index (χ1n) is 5.67. The lowest BCUT2D eigenvalue weighted by atomic mass is 10.2. The van der Waals surface area contributed by atoms with E-state index in [1.54, 1.807) is 18.3 Å². The van der Waals surface area contributed by atoms with Crippen molar-refractivity contribution in [3.05, 3.63) is 54.0 Å². The average Bonchev–Trinajstić information content (AvgIpc) is 2.39. The number of anilines is 1. The Morgan fingerprint density at radius 1 is 1.11 bits per heavy atom. The molecule has 2 aromatic rings. The highest BCUT2D eigenvalue weighted by Crippen LogP contribution is 2.30. The van der Waals surface area contributed by atoms with E-state index in [4.69, 9.17) is 0 Å². The van der Waals surface area contributed by atoms with Crippen LogP contribution in [-0.2, 0) is 6.18 Å². The summed E-state index contributed by atoms with van der Waals surface area (Å²) < 4.78 is 37.7. The lowest BCUT2D eigenvalue weighted by molar-refractivity contribution is -0.137. The summed E-state index contributed by atoms with van der Waals surface area (Å²) in [7, 11) is 0. The van der Waals surface area contributed by atoms with Gasteiger partial charge in [-0.25, -0.2) is 4.98 Å². The first-order valence-corrected chi connectivity index (χ1v) is 5.67. The molecule has 1 N–H and O–H groups in total. The van der Waals surface area contributed by atoms with Crippen molar-refractivity contribution in [2.75, 3.05) is 5.32 Å². The zero-order valence-electron chi connectivity index (χ0n) is 10.1. The van der Waals surface area contributed by atoms with Gasteiger partial charge in [-0.2, -0.15) is 13.2 Å². The van der Waals surface area contributed by atoms with E-state index in [-0.39, 0.29) is 11.9 Å². The van der Waals surface area contributed by atoms with Crippen LogP contribution in [0.1, 0.15) is 24.2 Å². The standard InChI is InChI=1S/C13H12F3N3/c1-9(11-4-2-3-6-17-11)19-12-8-10(5-7-18-12)13(14,15)16/h2-9H,1H3,(H,18,19). The summed E-state index contributed by atoms with van der Waals surface area (Å²) >= 11 is 0. The van der Waals surface area contributed by atoms with Gasteiger partial charge in [0, 0.05) is 12.4 Å². The van der Waals surface area contributed by atoms with E-state index in [1.807, 2.05) is 13.0 Å². The summed E-state index contributed by atoms with van der Waals surface area (Å²) in [6.45, 7) is 1.81. The van der Waals surface area contributed by atoms with Crippen LogP contribution in [0, 0.1) is 0 Å². The van der Waals surface area contributed by atoms with E-state index in [0.29, 0.717) is 0 Å². The Morgan fingerprint density at radius 3 is 2.53 bits per heavy atom. The zero-order chi connectivity index (χ0) is 13.9. The maximum absolute atomic E-state index is 12.6. The number of halogens is 3. The molecule has 2 heterocycles. The van der Waals surface area contributed by atoms with Gasteiger partial charge in [0.15, 0.2) is 0 Å². The molecule has 0 aliphatic heterocycles. The van der Waals surface area contributed by atoms with E-state index < -0.39 is 11.7 Å². The van der Waals surface area contributed by atoms with Crippen molar-refractivity contribution in [1.82, 2.24) is 9.97 Å². The highest BCUT2D eigenvalue weighted by molar-refractivity contribution is 5.40. The van der Waals surface area contributed by atoms with Gasteiger partial charge < -0.3 is 5.32 Å². The predicted octanol–water partition coefficient (Wildman–Crippen LogP) is 3.67. The Kier molecular flexibility index (Phi) is 3.69. The normalized spacial score (nSPS) is 13.1. The Balaban J connectivity index is 2.16. The molecule has 0 aromatic carbocycles. The number of pyridine rings is 2. The Labute approximate surface area is 108 Å². The average molecular weight is 267 g/mol. The molecule has 0 fully saturated rings. The van der Waals surface area contributed by atoms with Gasteiger partial charge in [0.1, 0.15) is 5.82 Å². The van der Waals surface area contributed by atoms with Gasteiger partial charge >= 0.3 is 6.18 Å². The maximum Gasteiger partial charge on any atom is 0.416 e. The zero-order valence-corrected chi connectivity index (χ0v) is 10.1. The first-order chi connectivity index (χ1) is 8.97. The Morgan fingerprint density at radius 2 is 1.89 bits per heavy atom. The number of hydrogen-bond acceptors (Lipinski definition) is 3. The molecule has 0 aliphatic rings. The molecule has 2 aromatic heterocycles. The Hall–Kier alpha value is -2.11. The highest BCUT2D eigenvalue weighted by atomic mass is 19.4. The molecule has 100 valence electrons. The predicted molar refractivity (Wildman–Crippen MR) is 65.5 cm³/mol. The Bertz CT molecular complexity index is 540. The van der Waals surface area contributed by atoms with E-state index >= 15 is 0 Å². The molecule has 0 saturated carbocycles. The van der Waals surface area contributed by atoms with Crippen molar-refractivity contribution in [1.29, 1.82) is 0 Å². The van der Waals surface area contributed by atoms with Gasteiger partial charge in [-0.15, -0.1) is 0 Å². The molecule has 0 saturated heterocycles. The van der Waals surface area contributed by atoms with Gasteiger partial charge in [0.25, 0.3) is 0 Å². The quantitative estimate of drug-likeness (QED) is 0.922. The summed E-state index contributed by atoms with van der Waals surface area (Å²) in [5, 5.41) is 2.90. The fraction of sp³-hybridized carbons (Fsp3) is 0.231. The summed E-state index contributed by atoms with van der Waals surface area (Å²) in [6.07, 6.45) is -1.60. The third-order valence-electron chi connectivity index (χ3n) is 2.58. The fourth-order valence-electron chi connectivity index (χ4n) is 1.61. The molecule has 1 atom stereocenters. The number of aromatic nitrogens is 2. The van der Waals surface area contributed by atoms with Crippen LogP contribution in [0.5, 0.6) is 0 Å². The van der Waals surface area contributed by atoms with Crippen LogP contribution < -0.4 is 5.32 Å². The van der Waals surface area contributed by atoms with E-state index in [2.05, 4.69) is 15.3 Å². The molecule has 2 rings (SSSR count). The second-order valence-corrected chi connectivity index (χ2v) is 4.05. The second kappa shape index (κ2) is 5.26. The second-order valence-electron chi connectivity index (χ2n) is 4.05. The first kappa shape index (κ1) is 13.3. The van der Waals surface area contributed by atoms with E-state index in [1.165, 1.54) is 0 Å². The minimum atomic E-state index is -4.37. The van der Waals surface area contributed by atoms with Crippen LogP contribution >= 0.6 is 0 Å². The van der Waals surface area contributed by atoms with Crippen LogP contribution in [0.15, 0.2) is 42.7 Å². The molecule has 6 heteroatoms. The van der Waals surface area contributed by atoms with Crippen molar-refractivity contribution in [2.24, 2.45) is 0 Å². The molecule has 0 radical (unpaired) electrons. The minimum absolute atomic E-state index is 0.174. The van der Waals surface area contributed by atoms with E-state index in [9.17, 15) is 13.2 Å². The molecule has 0 aliphatic carbocycles. The molecule has 1 unspecified atom stereocenters. The third kappa shape index (κ3) is 3.43. The largest absolute Gasteiger partial charge is 0.416 e. The number of nitrogens with zero attached hydrogens (tertiary/aromatic N) is 2. The van der Waals surface area contributed by atoms with Gasteiger partial charge in [0.05, 0.1) is 17.3 Å². The number of hydrogen-bond donors (Lipinski definition) is 1. The van der Waals surface area contributed by atoms with Crippen LogP contribution in [0.25, 0.3) is 0 Å². The molecule has 0 bridgehead atoms. The van der Waals surface area contributed by atoms with Crippen LogP contribution in [0.4, 0.5) is 19.0 Å². The van der Waals surface area contributed by atoms with Crippen LogP contribution in [0.3, 0.4) is 0 Å². The number of rotatable bonds is 3. The SMILES string of the molecule is CC(Nc1cc(C(F)(F)F)ccn1)c1ccccn1. The van der Waals surface area contributed by atoms with Gasteiger partial charge in [0.2, 0.25) is 0 Å². The number of nitrogens with one attached hydrogen (secondary N) is 1. The summed E-state index contributed by atoms with van der Waals surface area (Å²) in [5.41, 5.74) is 0.0138. The summed E-state index contributed by atoms with van der Waals surface area (Å²) in [5.74, 6) is 0.174. The van der Waals surface area contributed by atoms with Gasteiger partial charge in [-0.1, -0.05) is 6.07 Å². The smallest absolute Gasteiger partial charge is 0.362 e. The van der Waals surface area contributed by atoms with E-state index in [0.717, 1.165) is 24.0 Å². The highest BCUT2D eigenvalue weighted by Gasteiger charge is 2.30. The summed E-state index contributed by atoms with van der Waals surface area (Å²) in [4.78, 5) is 8.01. The lowest BCUT2D eigenvalue weighted by Gasteiger charge is -2.15. The summed E-state index contributed by atoms with van der Waals surface area (Å²) in [6, 6.07) is 7.09. The molecule has 0 spiro atoms. The van der Waals surface area contributed by atoms with Crippen molar-refractivity contribution in [3.8, 4) is 0 Å². The number of alkyl halides is 3.